The van der Waals surface area contributed by atoms with Crippen LogP contribution < -0.4 is 0 Å². The van der Waals surface area contributed by atoms with Crippen molar-refractivity contribution in [3.63, 3.8) is 0 Å². The average molecular weight is 222 g/mol. The van der Waals surface area contributed by atoms with E-state index in [0.29, 0.717) is 0 Å². The van der Waals surface area contributed by atoms with Crippen LogP contribution in [0.4, 0.5) is 0 Å². The van der Waals surface area contributed by atoms with Gasteiger partial charge in [0.2, 0.25) is 0 Å². The quantitative estimate of drug-likeness (QED) is 0.537. The number of aryl methyl sites for hydroxylation is 2. The van der Waals surface area contributed by atoms with Crippen LogP contribution in [0.3, 0.4) is 0 Å². The molecule has 1 atom stereocenters. The number of thiophene rings is 1. The number of rotatable bonds is 1. The van der Waals surface area contributed by atoms with Crippen LogP contribution in [0.2, 0.25) is 0 Å². The summed E-state index contributed by atoms with van der Waals surface area (Å²) in [5, 5.41) is 0. The van der Waals surface area contributed by atoms with Gasteiger partial charge in [-0.3, -0.25) is 9.59 Å². The maximum absolute atomic E-state index is 11.4. The van der Waals surface area contributed by atoms with Crippen molar-refractivity contribution >= 4 is 23.3 Å². The molecule has 15 heavy (non-hydrogen) atoms. The Bertz CT molecular complexity index is 425. The fraction of sp³-hybridized carbons (Fsp3) is 0.455. The van der Waals surface area contributed by atoms with Crippen molar-refractivity contribution in [2.75, 3.05) is 0 Å². The zero-order valence-corrected chi connectivity index (χ0v) is 8.93. The Morgan fingerprint density at radius 1 is 1.33 bits per heavy atom. The molecular weight excluding hydrogens is 212 g/mol. The van der Waals surface area contributed by atoms with Gasteiger partial charge in [-0.15, -0.1) is 11.3 Å². The van der Waals surface area contributed by atoms with E-state index in [1.807, 2.05) is 0 Å². The van der Waals surface area contributed by atoms with Gasteiger partial charge in [0.1, 0.15) is 5.92 Å². The molecule has 0 radical (unpaired) electrons. The zero-order valence-electron chi connectivity index (χ0n) is 8.12. The van der Waals surface area contributed by atoms with Gasteiger partial charge in [-0.05, 0) is 30.9 Å². The molecule has 1 aromatic rings. The number of fused-ring (bicyclic) bond motifs is 1. The van der Waals surface area contributed by atoms with Gasteiger partial charge in [0, 0.05) is 9.75 Å². The predicted molar refractivity (Wildman–Crippen MR) is 54.8 cm³/mol. The van der Waals surface area contributed by atoms with Crippen LogP contribution >= 0.6 is 11.3 Å². The lowest BCUT2D eigenvalue weighted by atomic mass is 10.1. The van der Waals surface area contributed by atoms with Gasteiger partial charge in [-0.25, -0.2) is 0 Å². The van der Waals surface area contributed by atoms with Gasteiger partial charge >= 0.3 is 11.9 Å². The maximum Gasteiger partial charge on any atom is 0.322 e. The smallest absolute Gasteiger partial charge is 0.322 e. The highest BCUT2D eigenvalue weighted by Gasteiger charge is 2.36. The highest BCUT2D eigenvalue weighted by atomic mass is 32.1. The molecular formula is C11H10O3S. The van der Waals surface area contributed by atoms with Gasteiger partial charge in [0.05, 0.1) is 6.42 Å². The Hall–Kier alpha value is -1.16. The van der Waals surface area contributed by atoms with Gasteiger partial charge in [-0.2, -0.15) is 0 Å². The maximum atomic E-state index is 11.4. The lowest BCUT2D eigenvalue weighted by Crippen LogP contribution is -2.03. The normalized spacial score (nSPS) is 24.4. The Labute approximate surface area is 91.1 Å². The first-order chi connectivity index (χ1) is 7.24. The molecule has 1 fully saturated rings. The topological polar surface area (TPSA) is 43.4 Å². The summed E-state index contributed by atoms with van der Waals surface area (Å²) in [4.78, 5) is 24.7. The summed E-state index contributed by atoms with van der Waals surface area (Å²) in [5.41, 5.74) is 1.36. The largest absolute Gasteiger partial charge is 0.393 e. The zero-order chi connectivity index (χ0) is 10.4. The summed E-state index contributed by atoms with van der Waals surface area (Å²) in [6.45, 7) is 0. The highest BCUT2D eigenvalue weighted by Crippen LogP contribution is 2.38. The first-order valence-corrected chi connectivity index (χ1v) is 5.91. The third-order valence-corrected chi connectivity index (χ3v) is 4.33. The molecule has 0 spiro atoms. The van der Waals surface area contributed by atoms with Crippen molar-refractivity contribution in [1.82, 2.24) is 0 Å². The minimum atomic E-state index is -0.390. The summed E-state index contributed by atoms with van der Waals surface area (Å²) in [6.07, 6.45) is 3.67. The van der Waals surface area contributed by atoms with Crippen molar-refractivity contribution in [1.29, 1.82) is 0 Å². The standard InChI is InChI=1S/C11H10O3S/c12-10-5-7(11(13)14-10)9-4-6-2-1-3-8(6)15-9/h4,7H,1-3,5H2. The fourth-order valence-corrected chi connectivity index (χ4v) is 3.56. The molecule has 3 nitrogen and oxygen atoms in total. The molecule has 1 unspecified atom stereocenters. The van der Waals surface area contributed by atoms with Crippen LogP contribution in [0.25, 0.3) is 0 Å². The molecule has 2 heterocycles. The minimum absolute atomic E-state index is 0.220. The SMILES string of the molecule is O=C1CC(c2cc3c(s2)CCC3)C(=O)O1. The van der Waals surface area contributed by atoms with E-state index < -0.39 is 5.97 Å². The number of hydrogen-bond donors (Lipinski definition) is 0. The molecule has 4 heteroatoms. The average Bonchev–Trinajstić information content (AvgIpc) is 2.77. The molecule has 1 saturated heterocycles. The van der Waals surface area contributed by atoms with Crippen molar-refractivity contribution in [2.45, 2.75) is 31.6 Å². The molecule has 0 amide bonds. The summed E-state index contributed by atoms with van der Waals surface area (Å²) in [7, 11) is 0. The number of carbonyl (C=O) groups is 2. The Morgan fingerprint density at radius 3 is 2.87 bits per heavy atom. The monoisotopic (exact) mass is 222 g/mol. The van der Waals surface area contributed by atoms with E-state index in [2.05, 4.69) is 10.8 Å². The minimum Gasteiger partial charge on any atom is -0.393 e. The summed E-state index contributed by atoms with van der Waals surface area (Å²) < 4.78 is 4.56. The van der Waals surface area contributed by atoms with Gasteiger partial charge < -0.3 is 4.74 Å². The first kappa shape index (κ1) is 9.09. The van der Waals surface area contributed by atoms with Crippen molar-refractivity contribution in [3.05, 3.63) is 21.4 Å². The summed E-state index contributed by atoms with van der Waals surface area (Å²) in [5.74, 6) is -1.09. The molecule has 0 saturated carbocycles. The second-order valence-electron chi connectivity index (χ2n) is 4.00. The number of ether oxygens (including phenoxy) is 1. The van der Waals surface area contributed by atoms with Crippen LogP contribution in [-0.2, 0) is 27.2 Å². The second-order valence-corrected chi connectivity index (χ2v) is 5.17. The Balaban J connectivity index is 1.93. The van der Waals surface area contributed by atoms with E-state index in [1.54, 1.807) is 11.3 Å². The molecule has 2 aliphatic rings. The van der Waals surface area contributed by atoms with E-state index in [0.717, 1.165) is 17.7 Å². The highest BCUT2D eigenvalue weighted by molar-refractivity contribution is 7.12. The molecule has 1 aliphatic heterocycles. The number of carbonyl (C=O) groups excluding carboxylic acids is 2. The van der Waals surface area contributed by atoms with Crippen LogP contribution in [0.5, 0.6) is 0 Å². The van der Waals surface area contributed by atoms with E-state index >= 15 is 0 Å². The molecule has 3 rings (SSSR count). The predicted octanol–water partition coefficient (Wildman–Crippen LogP) is 1.79. The third-order valence-electron chi connectivity index (χ3n) is 2.98. The summed E-state index contributed by atoms with van der Waals surface area (Å²) in [6, 6.07) is 2.08. The second kappa shape index (κ2) is 3.17. The molecule has 78 valence electrons. The van der Waals surface area contributed by atoms with Crippen molar-refractivity contribution in [3.8, 4) is 0 Å². The van der Waals surface area contributed by atoms with Crippen LogP contribution in [0.1, 0.15) is 34.1 Å². The molecule has 0 bridgehead atoms. The van der Waals surface area contributed by atoms with Gasteiger partial charge in [0.25, 0.3) is 0 Å². The number of esters is 2. The number of cyclic esters (lactones) is 2. The van der Waals surface area contributed by atoms with Crippen molar-refractivity contribution in [2.24, 2.45) is 0 Å². The molecule has 0 aromatic carbocycles. The number of hydrogen-bond acceptors (Lipinski definition) is 4. The van der Waals surface area contributed by atoms with Gasteiger partial charge in [-0.1, -0.05) is 0 Å². The molecule has 1 aliphatic carbocycles. The van der Waals surface area contributed by atoms with E-state index in [-0.39, 0.29) is 18.3 Å². The van der Waals surface area contributed by atoms with Crippen LogP contribution in [0.15, 0.2) is 6.07 Å². The Morgan fingerprint density at radius 2 is 2.20 bits per heavy atom. The van der Waals surface area contributed by atoms with Crippen LogP contribution in [0, 0.1) is 0 Å². The van der Waals surface area contributed by atoms with Crippen LogP contribution in [-0.4, -0.2) is 11.9 Å². The fourth-order valence-electron chi connectivity index (χ4n) is 2.22. The van der Waals surface area contributed by atoms with E-state index in [4.69, 9.17) is 0 Å². The Kier molecular flexibility index (Phi) is 1.92. The lowest BCUT2D eigenvalue weighted by Gasteiger charge is -1.99. The summed E-state index contributed by atoms with van der Waals surface area (Å²) >= 11 is 1.67. The lowest BCUT2D eigenvalue weighted by molar-refractivity contribution is -0.152. The van der Waals surface area contributed by atoms with E-state index in [9.17, 15) is 9.59 Å². The third kappa shape index (κ3) is 1.40. The molecule has 1 aromatic heterocycles. The molecule has 0 N–H and O–H groups in total. The first-order valence-electron chi connectivity index (χ1n) is 5.10. The van der Waals surface area contributed by atoms with Gasteiger partial charge in [0.15, 0.2) is 0 Å². The van der Waals surface area contributed by atoms with E-state index in [1.165, 1.54) is 16.9 Å². The van der Waals surface area contributed by atoms with Crippen molar-refractivity contribution < 1.29 is 14.3 Å².